The molecule has 0 aromatic heterocycles. The second kappa shape index (κ2) is 7.41. The highest BCUT2D eigenvalue weighted by atomic mass is 32.2. The molecule has 5 nitrogen and oxygen atoms in total. The van der Waals surface area contributed by atoms with Crippen LogP contribution in [0.15, 0.2) is 0 Å². The predicted octanol–water partition coefficient (Wildman–Crippen LogP) is 1.52. The first-order chi connectivity index (χ1) is 9.24. The minimum absolute atomic E-state index is 0.0753. The second-order valence-corrected chi connectivity index (χ2v) is 8.51. The van der Waals surface area contributed by atoms with Crippen molar-refractivity contribution in [2.75, 3.05) is 13.4 Å². The predicted molar refractivity (Wildman–Crippen MR) is 79.3 cm³/mol. The van der Waals surface area contributed by atoms with Crippen LogP contribution < -0.4 is 5.32 Å². The molecule has 0 aromatic carbocycles. The number of carbonyl (C=O) groups excluding carboxylic acids is 1. The average molecular weight is 305 g/mol. The largest absolute Gasteiger partial charge is 0.468 e. The van der Waals surface area contributed by atoms with Gasteiger partial charge >= 0.3 is 5.97 Å². The topological polar surface area (TPSA) is 72.5 Å². The van der Waals surface area contributed by atoms with Crippen molar-refractivity contribution in [2.24, 2.45) is 5.92 Å². The Labute approximate surface area is 122 Å². The summed E-state index contributed by atoms with van der Waals surface area (Å²) in [5.41, 5.74) is 0. The normalized spacial score (nSPS) is 25.4. The van der Waals surface area contributed by atoms with E-state index in [1.165, 1.54) is 13.4 Å². The molecule has 1 aliphatic rings. The second-order valence-electron chi connectivity index (χ2n) is 6.19. The van der Waals surface area contributed by atoms with Crippen LogP contribution in [0.25, 0.3) is 0 Å². The van der Waals surface area contributed by atoms with E-state index in [0.29, 0.717) is 18.8 Å². The van der Waals surface area contributed by atoms with Crippen molar-refractivity contribution in [1.82, 2.24) is 5.32 Å². The molecular weight excluding hydrogens is 278 g/mol. The Morgan fingerprint density at radius 1 is 1.35 bits per heavy atom. The van der Waals surface area contributed by atoms with Crippen LogP contribution in [0.3, 0.4) is 0 Å². The van der Waals surface area contributed by atoms with Crippen LogP contribution >= 0.6 is 0 Å². The fourth-order valence-corrected chi connectivity index (χ4v) is 3.99. The molecule has 3 atom stereocenters. The molecule has 1 aliphatic carbocycles. The van der Waals surface area contributed by atoms with E-state index < -0.39 is 9.84 Å². The molecule has 0 amide bonds. The Morgan fingerprint density at radius 2 is 2.00 bits per heavy atom. The molecule has 118 valence electrons. The summed E-state index contributed by atoms with van der Waals surface area (Å²) in [4.78, 5) is 11.8. The van der Waals surface area contributed by atoms with Crippen LogP contribution in [0.2, 0.25) is 0 Å². The highest BCUT2D eigenvalue weighted by Crippen LogP contribution is 2.24. The molecule has 0 aliphatic heterocycles. The van der Waals surface area contributed by atoms with Crippen molar-refractivity contribution in [3.05, 3.63) is 0 Å². The van der Waals surface area contributed by atoms with Crippen LogP contribution in [0, 0.1) is 5.92 Å². The highest BCUT2D eigenvalue weighted by Gasteiger charge is 2.31. The zero-order valence-corrected chi connectivity index (χ0v) is 13.7. The number of ether oxygens (including phenoxy) is 1. The third-order valence-corrected chi connectivity index (χ3v) is 5.50. The maximum Gasteiger partial charge on any atom is 0.322 e. The molecular formula is C14H27NO4S. The SMILES string of the molecule is COC(=O)C(CC(C)C)NC1CCCC(S(C)(=O)=O)C1. The summed E-state index contributed by atoms with van der Waals surface area (Å²) in [5.74, 6) is 0.112. The Kier molecular flexibility index (Phi) is 6.45. The number of hydrogen-bond acceptors (Lipinski definition) is 5. The number of sulfone groups is 1. The summed E-state index contributed by atoms with van der Waals surface area (Å²) in [6.45, 7) is 4.11. The van der Waals surface area contributed by atoms with Crippen LogP contribution in [-0.2, 0) is 19.4 Å². The van der Waals surface area contributed by atoms with E-state index in [1.807, 2.05) is 0 Å². The zero-order chi connectivity index (χ0) is 15.3. The maximum absolute atomic E-state index is 11.8. The van der Waals surface area contributed by atoms with Crippen molar-refractivity contribution in [3.8, 4) is 0 Å². The number of nitrogens with one attached hydrogen (secondary N) is 1. The molecule has 0 heterocycles. The van der Waals surface area contributed by atoms with Gasteiger partial charge in [-0.15, -0.1) is 0 Å². The minimum Gasteiger partial charge on any atom is -0.468 e. The lowest BCUT2D eigenvalue weighted by atomic mass is 9.93. The number of methoxy groups -OCH3 is 1. The molecule has 0 aromatic rings. The van der Waals surface area contributed by atoms with Gasteiger partial charge in [-0.1, -0.05) is 20.3 Å². The van der Waals surface area contributed by atoms with E-state index in [0.717, 1.165) is 19.3 Å². The molecule has 1 N–H and O–H groups in total. The summed E-state index contributed by atoms with van der Waals surface area (Å²) in [5, 5.41) is 3.02. The van der Waals surface area contributed by atoms with Gasteiger partial charge in [-0.05, 0) is 31.6 Å². The van der Waals surface area contributed by atoms with Gasteiger partial charge in [-0.2, -0.15) is 0 Å². The van der Waals surface area contributed by atoms with Gasteiger partial charge in [0.25, 0.3) is 0 Å². The first-order valence-electron chi connectivity index (χ1n) is 7.26. The molecule has 20 heavy (non-hydrogen) atoms. The Balaban J connectivity index is 2.66. The van der Waals surface area contributed by atoms with E-state index >= 15 is 0 Å². The Morgan fingerprint density at radius 3 is 2.50 bits per heavy atom. The van der Waals surface area contributed by atoms with Crippen molar-refractivity contribution in [1.29, 1.82) is 0 Å². The molecule has 0 bridgehead atoms. The number of rotatable bonds is 6. The maximum atomic E-state index is 11.8. The monoisotopic (exact) mass is 305 g/mol. The molecule has 1 rings (SSSR count). The molecule has 0 spiro atoms. The van der Waals surface area contributed by atoms with Gasteiger partial charge in [0, 0.05) is 12.3 Å². The van der Waals surface area contributed by atoms with E-state index in [9.17, 15) is 13.2 Å². The first kappa shape index (κ1) is 17.4. The summed E-state index contributed by atoms with van der Waals surface area (Å²) in [7, 11) is -1.61. The van der Waals surface area contributed by atoms with Crippen molar-refractivity contribution in [2.45, 2.75) is 63.3 Å². The van der Waals surface area contributed by atoms with Crippen molar-refractivity contribution >= 4 is 15.8 Å². The quantitative estimate of drug-likeness (QED) is 0.753. The molecule has 0 saturated heterocycles. The molecule has 3 unspecified atom stereocenters. The lowest BCUT2D eigenvalue weighted by molar-refractivity contribution is -0.143. The minimum atomic E-state index is -3.00. The summed E-state index contributed by atoms with van der Waals surface area (Å²) in [6, 6.07) is -0.269. The van der Waals surface area contributed by atoms with E-state index in [2.05, 4.69) is 19.2 Å². The van der Waals surface area contributed by atoms with Crippen LogP contribution in [0.5, 0.6) is 0 Å². The number of esters is 1. The van der Waals surface area contributed by atoms with E-state index in [4.69, 9.17) is 4.74 Å². The molecule has 1 fully saturated rings. The number of carbonyl (C=O) groups is 1. The highest BCUT2D eigenvalue weighted by molar-refractivity contribution is 7.91. The fraction of sp³-hybridized carbons (Fsp3) is 0.929. The van der Waals surface area contributed by atoms with E-state index in [-0.39, 0.29) is 23.3 Å². The van der Waals surface area contributed by atoms with Crippen LogP contribution in [0.4, 0.5) is 0 Å². The van der Waals surface area contributed by atoms with E-state index in [1.54, 1.807) is 0 Å². The molecule has 6 heteroatoms. The fourth-order valence-electron chi connectivity index (χ4n) is 2.82. The van der Waals surface area contributed by atoms with Gasteiger partial charge in [0.05, 0.1) is 12.4 Å². The van der Waals surface area contributed by atoms with Gasteiger partial charge < -0.3 is 10.1 Å². The summed E-state index contributed by atoms with van der Waals surface area (Å²) < 4.78 is 28.2. The third-order valence-electron chi connectivity index (χ3n) is 3.86. The van der Waals surface area contributed by atoms with Gasteiger partial charge in [0.1, 0.15) is 15.9 Å². The molecule has 1 saturated carbocycles. The summed E-state index contributed by atoms with van der Waals surface area (Å²) in [6.07, 6.45) is 5.11. The number of hydrogen-bond donors (Lipinski definition) is 1. The standard InChI is InChI=1S/C14H27NO4S/c1-10(2)8-13(14(16)19-3)15-11-6-5-7-12(9-11)20(4,17)18/h10-13,15H,5-9H2,1-4H3. The summed E-state index contributed by atoms with van der Waals surface area (Å²) >= 11 is 0. The van der Waals surface area contributed by atoms with Gasteiger partial charge in [-0.3, -0.25) is 4.79 Å². The third kappa shape index (κ3) is 5.40. The smallest absolute Gasteiger partial charge is 0.322 e. The first-order valence-corrected chi connectivity index (χ1v) is 9.22. The van der Waals surface area contributed by atoms with Crippen LogP contribution in [-0.4, -0.2) is 45.1 Å². The van der Waals surface area contributed by atoms with Crippen molar-refractivity contribution in [3.63, 3.8) is 0 Å². The Bertz CT molecular complexity index is 419. The molecule has 0 radical (unpaired) electrons. The van der Waals surface area contributed by atoms with Gasteiger partial charge in [-0.25, -0.2) is 8.42 Å². The van der Waals surface area contributed by atoms with Gasteiger partial charge in [0.2, 0.25) is 0 Å². The zero-order valence-electron chi connectivity index (χ0n) is 12.9. The average Bonchev–Trinajstić information content (AvgIpc) is 2.36. The lowest BCUT2D eigenvalue weighted by Gasteiger charge is -2.31. The van der Waals surface area contributed by atoms with Gasteiger partial charge in [0.15, 0.2) is 0 Å². The van der Waals surface area contributed by atoms with Crippen molar-refractivity contribution < 1.29 is 17.9 Å². The lowest BCUT2D eigenvalue weighted by Crippen LogP contribution is -2.48. The van der Waals surface area contributed by atoms with Crippen LogP contribution in [0.1, 0.15) is 46.0 Å². The Hall–Kier alpha value is -0.620.